The van der Waals surface area contributed by atoms with E-state index in [9.17, 15) is 9.18 Å². The largest absolute Gasteiger partial charge is 0.280 e. The summed E-state index contributed by atoms with van der Waals surface area (Å²) < 4.78 is 15.0. The Bertz CT molecular complexity index is 1440. The summed E-state index contributed by atoms with van der Waals surface area (Å²) in [6.45, 7) is 0. The van der Waals surface area contributed by atoms with E-state index in [4.69, 9.17) is 4.98 Å². The van der Waals surface area contributed by atoms with Gasteiger partial charge in [0.25, 0.3) is 5.56 Å². The molecule has 146 valence electrons. The Labute approximate surface area is 172 Å². The molecule has 0 saturated carbocycles. The molecule has 0 spiro atoms. The van der Waals surface area contributed by atoms with Crippen LogP contribution in [0.2, 0.25) is 0 Å². The van der Waals surface area contributed by atoms with Crippen molar-refractivity contribution in [3.05, 3.63) is 107 Å². The van der Waals surface area contributed by atoms with Crippen LogP contribution in [0.5, 0.6) is 0 Å². The van der Waals surface area contributed by atoms with E-state index in [1.807, 2.05) is 67.7 Å². The zero-order chi connectivity index (χ0) is 20.7. The summed E-state index contributed by atoms with van der Waals surface area (Å²) in [5.74, 6) is 0.116. The van der Waals surface area contributed by atoms with Gasteiger partial charge in [-0.05, 0) is 59.3 Å². The third kappa shape index (κ3) is 3.01. The maximum Gasteiger partial charge on any atom is 0.280 e. The van der Waals surface area contributed by atoms with Crippen LogP contribution < -0.4 is 10.6 Å². The summed E-state index contributed by atoms with van der Waals surface area (Å²) in [5.41, 5.74) is 1.92. The first-order chi connectivity index (χ1) is 14.6. The van der Waals surface area contributed by atoms with Crippen LogP contribution in [0.15, 0.2) is 95.8 Å². The van der Waals surface area contributed by atoms with E-state index in [1.54, 1.807) is 27.9 Å². The highest BCUT2D eigenvalue weighted by atomic mass is 19.1. The van der Waals surface area contributed by atoms with E-state index >= 15 is 0 Å². The van der Waals surface area contributed by atoms with Gasteiger partial charge in [-0.3, -0.25) is 9.80 Å². The Hall–Kier alpha value is -3.99. The minimum atomic E-state index is -0.337. The fraction of sp³-hybridized carbons (Fsp3) is 0.0400. The number of anilines is 1. The Morgan fingerprint density at radius 1 is 0.833 bits per heavy atom. The third-order valence-corrected chi connectivity index (χ3v) is 5.26. The molecule has 1 aromatic heterocycles. The molecule has 0 saturated heterocycles. The normalized spacial score (nSPS) is 11.1. The molecule has 0 aliphatic rings. The van der Waals surface area contributed by atoms with Crippen LogP contribution in [0.1, 0.15) is 0 Å². The van der Waals surface area contributed by atoms with Gasteiger partial charge in [0.1, 0.15) is 5.82 Å². The Morgan fingerprint density at radius 2 is 1.53 bits per heavy atom. The predicted molar refractivity (Wildman–Crippen MR) is 119 cm³/mol. The number of fused-ring (bicyclic) bond motifs is 2. The molecule has 0 atom stereocenters. The second-order valence-corrected chi connectivity index (χ2v) is 7.13. The maximum absolute atomic E-state index is 13.5. The summed E-state index contributed by atoms with van der Waals surface area (Å²) in [6.07, 6.45) is 0. The molecule has 5 aromatic rings. The summed E-state index contributed by atoms with van der Waals surface area (Å²) in [7, 11) is 1.83. The van der Waals surface area contributed by atoms with E-state index in [0.717, 1.165) is 16.5 Å². The van der Waals surface area contributed by atoms with E-state index in [1.165, 1.54) is 12.1 Å². The fourth-order valence-corrected chi connectivity index (χ4v) is 3.68. The standard InChI is InChI=1S/C25H18FN3O/c1-28(21-15-12-17-6-2-3-7-19(17)16-21)29-24(18-10-13-20(26)14-11-18)27-23-9-5-4-8-22(23)25(29)30/h2-16H,1H3. The van der Waals surface area contributed by atoms with Crippen molar-refractivity contribution in [2.45, 2.75) is 0 Å². The number of hydrogen-bond acceptors (Lipinski definition) is 3. The minimum Gasteiger partial charge on any atom is -0.280 e. The van der Waals surface area contributed by atoms with Crippen LogP contribution >= 0.6 is 0 Å². The molecule has 4 nitrogen and oxygen atoms in total. The van der Waals surface area contributed by atoms with Gasteiger partial charge in [0, 0.05) is 12.6 Å². The van der Waals surface area contributed by atoms with Crippen molar-refractivity contribution in [2.24, 2.45) is 0 Å². The first-order valence-corrected chi connectivity index (χ1v) is 9.62. The zero-order valence-corrected chi connectivity index (χ0v) is 16.3. The van der Waals surface area contributed by atoms with Crippen LogP contribution in [0.25, 0.3) is 33.1 Å². The first kappa shape index (κ1) is 18.1. The van der Waals surface area contributed by atoms with Gasteiger partial charge in [-0.2, -0.15) is 4.68 Å². The number of nitrogens with zero attached hydrogens (tertiary/aromatic N) is 3. The molecular weight excluding hydrogens is 377 g/mol. The number of rotatable bonds is 3. The van der Waals surface area contributed by atoms with E-state index in [2.05, 4.69) is 0 Å². The van der Waals surface area contributed by atoms with Crippen LogP contribution in [0.3, 0.4) is 0 Å². The van der Waals surface area contributed by atoms with Crippen molar-refractivity contribution in [2.75, 3.05) is 12.1 Å². The van der Waals surface area contributed by atoms with Crippen LogP contribution in [0.4, 0.5) is 10.1 Å². The van der Waals surface area contributed by atoms with Gasteiger partial charge in [0.2, 0.25) is 0 Å². The predicted octanol–water partition coefficient (Wildman–Crippen LogP) is 5.26. The smallest absolute Gasteiger partial charge is 0.280 e. The molecule has 0 radical (unpaired) electrons. The van der Waals surface area contributed by atoms with Crippen molar-refractivity contribution < 1.29 is 4.39 Å². The monoisotopic (exact) mass is 395 g/mol. The summed E-state index contributed by atoms with van der Waals surface area (Å²) in [4.78, 5) is 18.2. The minimum absolute atomic E-state index is 0.185. The van der Waals surface area contributed by atoms with Crippen molar-refractivity contribution in [1.82, 2.24) is 9.66 Å². The molecule has 4 aromatic carbocycles. The summed E-state index contributed by atoms with van der Waals surface area (Å²) in [6, 6.07) is 27.4. The molecule has 0 amide bonds. The number of para-hydroxylation sites is 1. The van der Waals surface area contributed by atoms with E-state index < -0.39 is 0 Å². The number of hydrogen-bond donors (Lipinski definition) is 0. The highest BCUT2D eigenvalue weighted by Crippen LogP contribution is 2.25. The number of aromatic nitrogens is 2. The van der Waals surface area contributed by atoms with Crippen molar-refractivity contribution in [1.29, 1.82) is 0 Å². The first-order valence-electron chi connectivity index (χ1n) is 9.62. The molecule has 0 bridgehead atoms. The molecule has 1 heterocycles. The van der Waals surface area contributed by atoms with Gasteiger partial charge in [-0.15, -0.1) is 0 Å². The maximum atomic E-state index is 13.5. The fourth-order valence-electron chi connectivity index (χ4n) is 3.68. The van der Waals surface area contributed by atoms with Crippen LogP contribution in [0, 0.1) is 5.82 Å². The third-order valence-electron chi connectivity index (χ3n) is 5.26. The second kappa shape index (κ2) is 7.12. The second-order valence-electron chi connectivity index (χ2n) is 7.13. The van der Waals surface area contributed by atoms with Crippen molar-refractivity contribution >= 4 is 27.4 Å². The lowest BCUT2D eigenvalue weighted by Gasteiger charge is -2.25. The quantitative estimate of drug-likeness (QED) is 0.418. The molecule has 30 heavy (non-hydrogen) atoms. The lowest BCUT2D eigenvalue weighted by Crippen LogP contribution is -2.37. The van der Waals surface area contributed by atoms with Crippen molar-refractivity contribution in [3.63, 3.8) is 0 Å². The van der Waals surface area contributed by atoms with E-state index in [-0.39, 0.29) is 11.4 Å². The summed E-state index contributed by atoms with van der Waals surface area (Å²) >= 11 is 0. The van der Waals surface area contributed by atoms with Gasteiger partial charge < -0.3 is 0 Å². The number of benzene rings is 4. The Morgan fingerprint density at radius 3 is 2.33 bits per heavy atom. The summed E-state index contributed by atoms with van der Waals surface area (Å²) in [5, 5.41) is 4.51. The molecule has 0 fully saturated rings. The van der Waals surface area contributed by atoms with Gasteiger partial charge in [-0.25, -0.2) is 9.37 Å². The van der Waals surface area contributed by atoms with Gasteiger partial charge in [0.05, 0.1) is 16.6 Å². The molecule has 0 aliphatic carbocycles. The van der Waals surface area contributed by atoms with Gasteiger partial charge >= 0.3 is 0 Å². The molecular formula is C25H18FN3O. The SMILES string of the molecule is CN(c1ccc2ccccc2c1)n1c(-c2ccc(F)cc2)nc2ccccc2c1=O. The van der Waals surface area contributed by atoms with E-state index in [0.29, 0.717) is 22.3 Å². The molecule has 0 aliphatic heterocycles. The molecule has 0 unspecified atom stereocenters. The highest BCUT2D eigenvalue weighted by molar-refractivity contribution is 5.86. The topological polar surface area (TPSA) is 38.1 Å². The lowest BCUT2D eigenvalue weighted by atomic mass is 10.1. The van der Waals surface area contributed by atoms with Gasteiger partial charge in [0.15, 0.2) is 5.82 Å². The average Bonchev–Trinajstić information content (AvgIpc) is 2.79. The average molecular weight is 395 g/mol. The molecule has 0 N–H and O–H groups in total. The molecule has 5 rings (SSSR count). The zero-order valence-electron chi connectivity index (χ0n) is 16.3. The van der Waals surface area contributed by atoms with Crippen LogP contribution in [-0.4, -0.2) is 16.7 Å². The van der Waals surface area contributed by atoms with Crippen molar-refractivity contribution in [3.8, 4) is 11.4 Å². The Kier molecular flexibility index (Phi) is 4.29. The lowest BCUT2D eigenvalue weighted by molar-refractivity contribution is 0.628. The number of halogens is 1. The Balaban J connectivity index is 1.77. The highest BCUT2D eigenvalue weighted by Gasteiger charge is 2.17. The van der Waals surface area contributed by atoms with Crippen LogP contribution in [-0.2, 0) is 0 Å². The van der Waals surface area contributed by atoms with Gasteiger partial charge in [-0.1, -0.05) is 42.5 Å². The molecule has 5 heteroatoms.